The second kappa shape index (κ2) is 9.72. The van der Waals surface area contributed by atoms with Gasteiger partial charge in [0, 0.05) is 19.0 Å². The lowest BCUT2D eigenvalue weighted by atomic mass is 9.90. The van der Waals surface area contributed by atoms with Crippen LogP contribution in [0.5, 0.6) is 0 Å². The summed E-state index contributed by atoms with van der Waals surface area (Å²) in [4.78, 5) is 11.3. The van der Waals surface area contributed by atoms with Crippen LogP contribution in [0, 0.1) is 5.41 Å². The Kier molecular flexibility index (Phi) is 10.9. The van der Waals surface area contributed by atoms with Gasteiger partial charge in [-0.15, -0.1) is 12.4 Å². The summed E-state index contributed by atoms with van der Waals surface area (Å²) in [5, 5.41) is 2.93. The quantitative estimate of drug-likeness (QED) is 0.695. The SMILES string of the molecule is CC(N)CCC(=O)NCCCCC(C)(C)C.Cl. The van der Waals surface area contributed by atoms with Crippen LogP contribution in [0.1, 0.15) is 59.8 Å². The van der Waals surface area contributed by atoms with Gasteiger partial charge < -0.3 is 11.1 Å². The fourth-order valence-electron chi connectivity index (χ4n) is 1.46. The highest BCUT2D eigenvalue weighted by Crippen LogP contribution is 2.21. The summed E-state index contributed by atoms with van der Waals surface area (Å²) in [6.07, 6.45) is 4.78. The molecular weight excluding hydrogens is 236 g/mol. The molecule has 0 aromatic rings. The number of nitrogens with two attached hydrogens (primary N) is 1. The number of halogens is 1. The fourth-order valence-corrected chi connectivity index (χ4v) is 1.46. The van der Waals surface area contributed by atoms with Gasteiger partial charge in [-0.3, -0.25) is 4.79 Å². The standard InChI is InChI=1S/C13H28N2O.ClH/c1-11(14)7-8-12(16)15-10-6-5-9-13(2,3)4;/h11H,5-10,14H2,1-4H3,(H,15,16);1H. The van der Waals surface area contributed by atoms with Gasteiger partial charge in [-0.05, 0) is 31.6 Å². The van der Waals surface area contributed by atoms with Crippen LogP contribution < -0.4 is 11.1 Å². The van der Waals surface area contributed by atoms with Crippen molar-refractivity contribution in [3.63, 3.8) is 0 Å². The lowest BCUT2D eigenvalue weighted by molar-refractivity contribution is -0.121. The Hall–Kier alpha value is -0.280. The Morgan fingerprint density at radius 3 is 2.35 bits per heavy atom. The number of carbonyl (C=O) groups excluding carboxylic acids is 1. The van der Waals surface area contributed by atoms with Crippen LogP contribution in [-0.2, 0) is 4.79 Å². The van der Waals surface area contributed by atoms with Crippen molar-refractivity contribution < 1.29 is 4.79 Å². The number of nitrogens with one attached hydrogen (secondary N) is 1. The van der Waals surface area contributed by atoms with Crippen molar-refractivity contribution in [3.8, 4) is 0 Å². The molecule has 0 aliphatic heterocycles. The Morgan fingerprint density at radius 1 is 1.29 bits per heavy atom. The predicted octanol–water partition coefficient (Wildman–Crippen LogP) is 2.87. The minimum Gasteiger partial charge on any atom is -0.356 e. The summed E-state index contributed by atoms with van der Waals surface area (Å²) in [7, 11) is 0. The number of hydrogen-bond acceptors (Lipinski definition) is 2. The molecule has 0 rings (SSSR count). The predicted molar refractivity (Wildman–Crippen MR) is 76.4 cm³/mol. The van der Waals surface area contributed by atoms with Crippen LogP contribution in [0.25, 0.3) is 0 Å². The molecular formula is C13H29ClN2O. The molecule has 3 nitrogen and oxygen atoms in total. The molecule has 0 spiro atoms. The van der Waals surface area contributed by atoms with Gasteiger partial charge in [0.1, 0.15) is 0 Å². The van der Waals surface area contributed by atoms with Crippen LogP contribution in [0.15, 0.2) is 0 Å². The van der Waals surface area contributed by atoms with Gasteiger partial charge in [-0.1, -0.05) is 27.2 Å². The Labute approximate surface area is 112 Å². The molecule has 0 heterocycles. The summed E-state index contributed by atoms with van der Waals surface area (Å²) in [6.45, 7) is 9.46. The minimum atomic E-state index is 0. The average molecular weight is 265 g/mol. The van der Waals surface area contributed by atoms with Crippen molar-refractivity contribution in [2.45, 2.75) is 65.8 Å². The van der Waals surface area contributed by atoms with Crippen molar-refractivity contribution in [2.75, 3.05) is 6.54 Å². The highest BCUT2D eigenvalue weighted by Gasteiger charge is 2.09. The number of rotatable bonds is 7. The van der Waals surface area contributed by atoms with E-state index in [1.807, 2.05) is 6.92 Å². The molecule has 0 saturated carbocycles. The first kappa shape index (κ1) is 19.1. The zero-order valence-electron chi connectivity index (χ0n) is 11.7. The van der Waals surface area contributed by atoms with E-state index in [1.54, 1.807) is 0 Å². The highest BCUT2D eigenvalue weighted by atomic mass is 35.5. The monoisotopic (exact) mass is 264 g/mol. The van der Waals surface area contributed by atoms with Crippen molar-refractivity contribution in [1.29, 1.82) is 0 Å². The van der Waals surface area contributed by atoms with E-state index in [4.69, 9.17) is 5.73 Å². The van der Waals surface area contributed by atoms with E-state index in [9.17, 15) is 4.79 Å². The Bertz CT molecular complexity index is 200. The molecule has 4 heteroatoms. The molecule has 0 aliphatic rings. The van der Waals surface area contributed by atoms with E-state index in [0.29, 0.717) is 11.8 Å². The van der Waals surface area contributed by atoms with E-state index < -0.39 is 0 Å². The smallest absolute Gasteiger partial charge is 0.220 e. The van der Waals surface area contributed by atoms with Crippen molar-refractivity contribution in [1.82, 2.24) is 5.32 Å². The number of amides is 1. The minimum absolute atomic E-state index is 0. The van der Waals surface area contributed by atoms with Crippen LogP contribution in [0.3, 0.4) is 0 Å². The molecule has 0 aromatic carbocycles. The largest absolute Gasteiger partial charge is 0.356 e. The van der Waals surface area contributed by atoms with Crippen molar-refractivity contribution in [2.24, 2.45) is 11.1 Å². The van der Waals surface area contributed by atoms with Gasteiger partial charge in [-0.25, -0.2) is 0 Å². The first-order valence-corrected chi connectivity index (χ1v) is 6.33. The van der Waals surface area contributed by atoms with E-state index in [-0.39, 0.29) is 24.4 Å². The summed E-state index contributed by atoms with van der Waals surface area (Å²) >= 11 is 0. The first-order valence-electron chi connectivity index (χ1n) is 6.33. The fraction of sp³-hybridized carbons (Fsp3) is 0.923. The van der Waals surface area contributed by atoms with Crippen molar-refractivity contribution >= 4 is 18.3 Å². The second-order valence-electron chi connectivity index (χ2n) is 5.88. The zero-order chi connectivity index (χ0) is 12.6. The zero-order valence-corrected chi connectivity index (χ0v) is 12.5. The molecule has 0 aromatic heterocycles. The van der Waals surface area contributed by atoms with Gasteiger partial charge in [0.05, 0.1) is 0 Å². The molecule has 17 heavy (non-hydrogen) atoms. The van der Waals surface area contributed by atoms with Crippen molar-refractivity contribution in [3.05, 3.63) is 0 Å². The number of hydrogen-bond donors (Lipinski definition) is 2. The summed E-state index contributed by atoms with van der Waals surface area (Å²) in [6, 6.07) is 0.117. The highest BCUT2D eigenvalue weighted by molar-refractivity contribution is 5.85. The molecule has 1 amide bonds. The van der Waals surface area contributed by atoms with E-state index in [2.05, 4.69) is 26.1 Å². The molecule has 0 aliphatic carbocycles. The maximum Gasteiger partial charge on any atom is 0.220 e. The molecule has 1 unspecified atom stereocenters. The molecule has 0 bridgehead atoms. The lowest BCUT2D eigenvalue weighted by Crippen LogP contribution is -2.26. The van der Waals surface area contributed by atoms with Gasteiger partial charge in [0.2, 0.25) is 5.91 Å². The molecule has 0 radical (unpaired) electrons. The van der Waals surface area contributed by atoms with Crippen LogP contribution in [0.4, 0.5) is 0 Å². The maximum absolute atomic E-state index is 11.3. The van der Waals surface area contributed by atoms with Crippen LogP contribution >= 0.6 is 12.4 Å². The third-order valence-corrected chi connectivity index (χ3v) is 2.50. The molecule has 1 atom stereocenters. The summed E-state index contributed by atoms with van der Waals surface area (Å²) in [5.74, 6) is 0.132. The maximum atomic E-state index is 11.3. The van der Waals surface area contributed by atoms with Crippen LogP contribution in [0.2, 0.25) is 0 Å². The topological polar surface area (TPSA) is 55.1 Å². The molecule has 104 valence electrons. The molecule has 0 fully saturated rings. The summed E-state index contributed by atoms with van der Waals surface area (Å²) in [5.41, 5.74) is 5.99. The van der Waals surface area contributed by atoms with E-state index in [0.717, 1.165) is 19.4 Å². The number of unbranched alkanes of at least 4 members (excludes halogenated alkanes) is 1. The lowest BCUT2D eigenvalue weighted by Gasteiger charge is -2.17. The Morgan fingerprint density at radius 2 is 1.88 bits per heavy atom. The normalized spacial score (nSPS) is 12.8. The third kappa shape index (κ3) is 15.7. The van der Waals surface area contributed by atoms with Gasteiger partial charge in [0.25, 0.3) is 0 Å². The first-order chi connectivity index (χ1) is 7.31. The molecule has 3 N–H and O–H groups in total. The summed E-state index contributed by atoms with van der Waals surface area (Å²) < 4.78 is 0. The van der Waals surface area contributed by atoms with Gasteiger partial charge in [-0.2, -0.15) is 0 Å². The van der Waals surface area contributed by atoms with E-state index in [1.165, 1.54) is 12.8 Å². The second-order valence-corrected chi connectivity index (χ2v) is 5.88. The van der Waals surface area contributed by atoms with E-state index >= 15 is 0 Å². The van der Waals surface area contributed by atoms with Gasteiger partial charge >= 0.3 is 0 Å². The Balaban J connectivity index is 0. The third-order valence-electron chi connectivity index (χ3n) is 2.50. The van der Waals surface area contributed by atoms with Crippen LogP contribution in [-0.4, -0.2) is 18.5 Å². The average Bonchev–Trinajstić information content (AvgIpc) is 2.12. The number of carbonyl (C=O) groups is 1. The molecule has 0 saturated heterocycles. The van der Waals surface area contributed by atoms with Gasteiger partial charge in [0.15, 0.2) is 0 Å².